The summed E-state index contributed by atoms with van der Waals surface area (Å²) >= 11 is 0. The summed E-state index contributed by atoms with van der Waals surface area (Å²) in [5.41, 5.74) is 4.20. The van der Waals surface area contributed by atoms with Crippen LogP contribution < -0.4 is 0 Å². The minimum Gasteiger partial charge on any atom is -0.467 e. The maximum absolute atomic E-state index is 13.1. The summed E-state index contributed by atoms with van der Waals surface area (Å²) in [6, 6.07) is 9.48. The van der Waals surface area contributed by atoms with Crippen LogP contribution in [0.25, 0.3) is 0 Å². The van der Waals surface area contributed by atoms with E-state index in [0.717, 1.165) is 11.3 Å². The number of ether oxygens (including phenoxy) is 1. The van der Waals surface area contributed by atoms with Crippen LogP contribution >= 0.6 is 0 Å². The number of hydrogen-bond donors (Lipinski definition) is 0. The fourth-order valence-electron chi connectivity index (χ4n) is 3.32. The Morgan fingerprint density at radius 1 is 1.28 bits per heavy atom. The molecule has 29 heavy (non-hydrogen) atoms. The van der Waals surface area contributed by atoms with Crippen molar-refractivity contribution in [1.29, 1.82) is 0 Å². The number of methoxy groups -OCH3 is 1. The standard InChI is InChI=1S/C22H27N3O4/c1-15-7-8-18(12-16(15)2)19-13-20(21-6-5-10-29-21)25(23-19)22(27)14-24(17(3)26)9-11-28-4/h5-8,10,12,20H,9,11,13-14H2,1-4H3. The average molecular weight is 397 g/mol. The number of benzene rings is 1. The monoisotopic (exact) mass is 397 g/mol. The fourth-order valence-corrected chi connectivity index (χ4v) is 3.32. The summed E-state index contributed by atoms with van der Waals surface area (Å²) in [4.78, 5) is 26.4. The van der Waals surface area contributed by atoms with Gasteiger partial charge in [-0.15, -0.1) is 0 Å². The van der Waals surface area contributed by atoms with Crippen molar-refractivity contribution in [3.05, 3.63) is 59.0 Å². The van der Waals surface area contributed by atoms with E-state index in [9.17, 15) is 9.59 Å². The molecule has 2 aromatic rings. The third kappa shape index (κ3) is 4.74. The molecular weight excluding hydrogens is 370 g/mol. The van der Waals surface area contributed by atoms with Crippen LogP contribution in [0.3, 0.4) is 0 Å². The van der Waals surface area contributed by atoms with Gasteiger partial charge in [-0.25, -0.2) is 5.01 Å². The summed E-state index contributed by atoms with van der Waals surface area (Å²) in [5, 5.41) is 6.08. The van der Waals surface area contributed by atoms with E-state index in [4.69, 9.17) is 9.15 Å². The molecule has 0 bridgehead atoms. The van der Waals surface area contributed by atoms with Gasteiger partial charge < -0.3 is 14.1 Å². The largest absolute Gasteiger partial charge is 0.467 e. The second-order valence-electron chi connectivity index (χ2n) is 7.25. The molecule has 0 aliphatic carbocycles. The summed E-state index contributed by atoms with van der Waals surface area (Å²) in [5.74, 6) is 0.242. The van der Waals surface area contributed by atoms with Crippen molar-refractivity contribution in [3.63, 3.8) is 0 Å². The zero-order chi connectivity index (χ0) is 21.0. The van der Waals surface area contributed by atoms with Gasteiger partial charge in [0.05, 0.1) is 18.6 Å². The second-order valence-corrected chi connectivity index (χ2v) is 7.25. The molecule has 0 radical (unpaired) electrons. The third-order valence-corrected chi connectivity index (χ3v) is 5.21. The Labute approximate surface area is 170 Å². The highest BCUT2D eigenvalue weighted by atomic mass is 16.5. The lowest BCUT2D eigenvalue weighted by Crippen LogP contribution is -2.41. The first kappa shape index (κ1) is 20.8. The molecule has 1 aromatic heterocycles. The van der Waals surface area contributed by atoms with E-state index >= 15 is 0 Å². The van der Waals surface area contributed by atoms with Gasteiger partial charge in [0.2, 0.25) is 5.91 Å². The van der Waals surface area contributed by atoms with Crippen molar-refractivity contribution in [3.8, 4) is 0 Å². The molecule has 2 heterocycles. The minimum absolute atomic E-state index is 0.0559. The Kier molecular flexibility index (Phi) is 6.49. The fraction of sp³-hybridized carbons (Fsp3) is 0.409. The van der Waals surface area contributed by atoms with Crippen molar-refractivity contribution < 1.29 is 18.7 Å². The number of nitrogens with zero attached hydrogens (tertiary/aromatic N) is 3. The SMILES string of the molecule is COCCN(CC(=O)N1N=C(c2ccc(C)c(C)c2)CC1c1ccco1)C(C)=O. The predicted octanol–water partition coefficient (Wildman–Crippen LogP) is 3.07. The average Bonchev–Trinajstić information content (AvgIpc) is 3.36. The van der Waals surface area contributed by atoms with Crippen LogP contribution in [0.4, 0.5) is 0 Å². The van der Waals surface area contributed by atoms with Crippen LogP contribution in [0.5, 0.6) is 0 Å². The molecule has 1 aliphatic rings. The van der Waals surface area contributed by atoms with Crippen molar-refractivity contribution in [2.45, 2.75) is 33.2 Å². The number of hydrogen-bond acceptors (Lipinski definition) is 5. The second kappa shape index (κ2) is 9.05. The summed E-state index contributed by atoms with van der Waals surface area (Å²) in [7, 11) is 1.56. The molecule has 3 rings (SSSR count). The van der Waals surface area contributed by atoms with E-state index < -0.39 is 0 Å². The number of rotatable bonds is 7. The van der Waals surface area contributed by atoms with Gasteiger partial charge in [-0.3, -0.25) is 9.59 Å². The van der Waals surface area contributed by atoms with Gasteiger partial charge in [-0.2, -0.15) is 5.10 Å². The lowest BCUT2D eigenvalue weighted by molar-refractivity contribution is -0.141. The number of furan rings is 1. The van der Waals surface area contributed by atoms with E-state index in [0.29, 0.717) is 25.3 Å². The number of carbonyl (C=O) groups is 2. The zero-order valence-electron chi connectivity index (χ0n) is 17.3. The molecule has 7 heteroatoms. The molecule has 2 amide bonds. The Hall–Kier alpha value is -2.93. The molecule has 1 atom stereocenters. The zero-order valence-corrected chi connectivity index (χ0v) is 17.3. The van der Waals surface area contributed by atoms with Crippen molar-refractivity contribution >= 4 is 17.5 Å². The normalized spacial score (nSPS) is 16.1. The van der Waals surface area contributed by atoms with Crippen LogP contribution in [-0.4, -0.2) is 54.2 Å². The van der Waals surface area contributed by atoms with Gasteiger partial charge in [0.25, 0.3) is 5.91 Å². The molecule has 0 N–H and O–H groups in total. The lowest BCUT2D eigenvalue weighted by atomic mass is 9.99. The number of hydrazone groups is 1. The first-order valence-electron chi connectivity index (χ1n) is 9.65. The number of aryl methyl sites for hydroxylation is 2. The van der Waals surface area contributed by atoms with E-state index in [1.54, 1.807) is 19.4 Å². The van der Waals surface area contributed by atoms with E-state index in [1.807, 2.05) is 12.1 Å². The smallest absolute Gasteiger partial charge is 0.262 e. The topological polar surface area (TPSA) is 75.3 Å². The van der Waals surface area contributed by atoms with Gasteiger partial charge in [0.1, 0.15) is 18.3 Å². The molecule has 0 saturated heterocycles. The highest BCUT2D eigenvalue weighted by molar-refractivity contribution is 6.03. The predicted molar refractivity (Wildman–Crippen MR) is 109 cm³/mol. The highest BCUT2D eigenvalue weighted by Crippen LogP contribution is 2.33. The van der Waals surface area contributed by atoms with Gasteiger partial charge in [-0.05, 0) is 48.7 Å². The Balaban J connectivity index is 1.87. The molecule has 1 aromatic carbocycles. The Bertz CT molecular complexity index is 905. The highest BCUT2D eigenvalue weighted by Gasteiger charge is 2.35. The van der Waals surface area contributed by atoms with E-state index in [2.05, 4.69) is 31.1 Å². The van der Waals surface area contributed by atoms with Crippen molar-refractivity contribution in [2.75, 3.05) is 26.8 Å². The Morgan fingerprint density at radius 3 is 2.69 bits per heavy atom. The van der Waals surface area contributed by atoms with Crippen molar-refractivity contribution in [2.24, 2.45) is 5.10 Å². The van der Waals surface area contributed by atoms with Crippen LogP contribution in [-0.2, 0) is 14.3 Å². The minimum atomic E-state index is -0.328. The number of carbonyl (C=O) groups excluding carboxylic acids is 2. The molecule has 0 saturated carbocycles. The summed E-state index contributed by atoms with van der Waals surface area (Å²) in [6.45, 7) is 6.23. The van der Waals surface area contributed by atoms with Crippen LogP contribution in [0.2, 0.25) is 0 Å². The molecule has 1 aliphatic heterocycles. The first-order chi connectivity index (χ1) is 13.9. The van der Waals surface area contributed by atoms with Gasteiger partial charge in [0.15, 0.2) is 0 Å². The number of amides is 2. The van der Waals surface area contributed by atoms with Gasteiger partial charge in [0, 0.05) is 27.0 Å². The Morgan fingerprint density at radius 2 is 2.07 bits per heavy atom. The summed E-state index contributed by atoms with van der Waals surface area (Å²) < 4.78 is 10.6. The van der Waals surface area contributed by atoms with Crippen LogP contribution in [0, 0.1) is 13.8 Å². The van der Waals surface area contributed by atoms with Crippen LogP contribution in [0.15, 0.2) is 46.1 Å². The third-order valence-electron chi connectivity index (χ3n) is 5.21. The maximum atomic E-state index is 13.1. The molecule has 7 nitrogen and oxygen atoms in total. The maximum Gasteiger partial charge on any atom is 0.262 e. The molecular formula is C22H27N3O4. The van der Waals surface area contributed by atoms with Crippen LogP contribution in [0.1, 0.15) is 41.8 Å². The van der Waals surface area contributed by atoms with E-state index in [1.165, 1.54) is 28.0 Å². The molecule has 154 valence electrons. The molecule has 1 unspecified atom stereocenters. The van der Waals surface area contributed by atoms with Gasteiger partial charge >= 0.3 is 0 Å². The molecule has 0 spiro atoms. The van der Waals surface area contributed by atoms with E-state index in [-0.39, 0.29) is 24.4 Å². The quantitative estimate of drug-likeness (QED) is 0.720. The summed E-state index contributed by atoms with van der Waals surface area (Å²) in [6.07, 6.45) is 2.15. The lowest BCUT2D eigenvalue weighted by Gasteiger charge is -2.25. The molecule has 0 fully saturated rings. The van der Waals surface area contributed by atoms with Crippen molar-refractivity contribution in [1.82, 2.24) is 9.91 Å². The first-order valence-corrected chi connectivity index (χ1v) is 9.65. The van der Waals surface area contributed by atoms with Gasteiger partial charge in [-0.1, -0.05) is 12.1 Å².